The highest BCUT2D eigenvalue weighted by Gasteiger charge is 2.26. The van der Waals surface area contributed by atoms with E-state index in [0.29, 0.717) is 17.3 Å². The first-order valence-electron chi connectivity index (χ1n) is 17.3. The van der Waals surface area contributed by atoms with Crippen LogP contribution in [-0.4, -0.2) is 78.7 Å². The van der Waals surface area contributed by atoms with Crippen LogP contribution in [0.25, 0.3) is 22.7 Å². The third-order valence-corrected chi connectivity index (χ3v) is 11.1. The molecule has 1 aliphatic rings. The summed E-state index contributed by atoms with van der Waals surface area (Å²) < 4.78 is 23.1. The van der Waals surface area contributed by atoms with Crippen molar-refractivity contribution >= 4 is 41.0 Å². The van der Waals surface area contributed by atoms with Crippen molar-refractivity contribution in [3.05, 3.63) is 114 Å². The van der Waals surface area contributed by atoms with Crippen LogP contribution in [0.1, 0.15) is 30.7 Å². The van der Waals surface area contributed by atoms with Gasteiger partial charge in [0.05, 0.1) is 30.2 Å². The van der Waals surface area contributed by atoms with Crippen molar-refractivity contribution in [2.45, 2.75) is 42.1 Å². The molecule has 3 aromatic carbocycles. The highest BCUT2D eigenvalue weighted by atomic mass is 32.2. The zero-order chi connectivity index (χ0) is 37.0. The van der Waals surface area contributed by atoms with E-state index >= 15 is 0 Å². The Kier molecular flexibility index (Phi) is 11.0. The molecule has 6 aromatic rings. The number of morpholine rings is 1. The van der Waals surface area contributed by atoms with E-state index in [2.05, 4.69) is 58.0 Å². The summed E-state index contributed by atoms with van der Waals surface area (Å²) in [5.41, 5.74) is 4.45. The first-order chi connectivity index (χ1) is 25.7. The summed E-state index contributed by atoms with van der Waals surface area (Å²) in [4.78, 5) is 17.7. The number of halogens is 1. The number of aromatic hydroxyl groups is 1. The van der Waals surface area contributed by atoms with E-state index in [1.165, 1.54) is 35.5 Å². The molecule has 0 aliphatic carbocycles. The van der Waals surface area contributed by atoms with Crippen molar-refractivity contribution in [3.8, 4) is 22.8 Å². The van der Waals surface area contributed by atoms with Crippen molar-refractivity contribution in [2.24, 2.45) is 0 Å². The number of nitrogens with one attached hydrogen (secondary N) is 2. The number of fused-ring (bicyclic) bond motifs is 1. The predicted molar refractivity (Wildman–Crippen MR) is 208 cm³/mol. The van der Waals surface area contributed by atoms with Gasteiger partial charge in [0, 0.05) is 59.4 Å². The van der Waals surface area contributed by atoms with Gasteiger partial charge in [0.25, 0.3) is 0 Å². The number of carbonyl (C=O) groups excluding carboxylic acids is 1. The Morgan fingerprint density at radius 3 is 2.66 bits per heavy atom. The molecule has 11 nitrogen and oxygen atoms in total. The Morgan fingerprint density at radius 2 is 1.83 bits per heavy atom. The topological polar surface area (TPSA) is 122 Å². The number of amides is 2. The summed E-state index contributed by atoms with van der Waals surface area (Å²) >= 11 is 3.27. The van der Waals surface area contributed by atoms with Gasteiger partial charge in [0.2, 0.25) is 0 Å². The molecule has 1 saturated heterocycles. The van der Waals surface area contributed by atoms with Gasteiger partial charge in [-0.2, -0.15) is 16.9 Å². The fourth-order valence-electron chi connectivity index (χ4n) is 6.25. The van der Waals surface area contributed by atoms with Crippen LogP contribution in [0.4, 0.5) is 15.0 Å². The predicted octanol–water partition coefficient (Wildman–Crippen LogP) is 7.37. The van der Waals surface area contributed by atoms with Gasteiger partial charge in [-0.25, -0.2) is 13.9 Å². The fraction of sp³-hybridized carbons (Fsp3) is 0.282. The second-order valence-corrected chi connectivity index (χ2v) is 15.5. The molecule has 3 N–H and O–H groups in total. The summed E-state index contributed by atoms with van der Waals surface area (Å²) in [6.45, 7) is 8.69. The van der Waals surface area contributed by atoms with Crippen LogP contribution in [0, 0.1) is 5.82 Å². The van der Waals surface area contributed by atoms with Crippen molar-refractivity contribution in [1.82, 2.24) is 34.6 Å². The quantitative estimate of drug-likeness (QED) is 0.118. The number of hydrogen-bond donors (Lipinski definition) is 3. The maximum Gasteiger partial charge on any atom is 0.320 e. The number of phenols is 1. The summed E-state index contributed by atoms with van der Waals surface area (Å²) in [6, 6.07) is 25.2. The van der Waals surface area contributed by atoms with Crippen LogP contribution < -0.4 is 10.6 Å². The van der Waals surface area contributed by atoms with Crippen LogP contribution in [-0.2, 0) is 23.2 Å². The molecule has 0 atom stereocenters. The highest BCUT2D eigenvalue weighted by Crippen LogP contribution is 2.34. The average Bonchev–Trinajstić information content (AvgIpc) is 3.78. The van der Waals surface area contributed by atoms with Gasteiger partial charge in [-0.1, -0.05) is 55.9 Å². The molecule has 0 spiro atoms. The van der Waals surface area contributed by atoms with Crippen molar-refractivity contribution in [2.75, 3.05) is 43.6 Å². The minimum Gasteiger partial charge on any atom is -0.507 e. The zero-order valence-corrected chi connectivity index (χ0v) is 31.4. The first kappa shape index (κ1) is 36.5. The van der Waals surface area contributed by atoms with Gasteiger partial charge in [0.15, 0.2) is 11.5 Å². The lowest BCUT2D eigenvalue weighted by Crippen LogP contribution is -2.35. The smallest absolute Gasteiger partial charge is 0.320 e. The molecule has 3 aromatic heterocycles. The number of urea groups is 1. The normalized spacial score (nSPS) is 13.7. The third kappa shape index (κ3) is 8.51. The third-order valence-electron chi connectivity index (χ3n) is 9.03. The minimum atomic E-state index is -0.483. The monoisotopic (exact) mass is 752 g/mol. The highest BCUT2D eigenvalue weighted by molar-refractivity contribution is 7.99. The largest absolute Gasteiger partial charge is 0.507 e. The van der Waals surface area contributed by atoms with Crippen LogP contribution in [0.3, 0.4) is 0 Å². The molecule has 0 saturated carbocycles. The van der Waals surface area contributed by atoms with Gasteiger partial charge in [-0.05, 0) is 65.9 Å². The average molecular weight is 753 g/mol. The molecular weight excluding hydrogens is 712 g/mol. The van der Waals surface area contributed by atoms with Crippen molar-refractivity contribution < 1.29 is 19.0 Å². The Morgan fingerprint density at radius 1 is 1.00 bits per heavy atom. The molecule has 1 aliphatic heterocycles. The van der Waals surface area contributed by atoms with Crippen LogP contribution in [0.15, 0.2) is 101 Å². The first-order valence-corrected chi connectivity index (χ1v) is 19.5. The van der Waals surface area contributed by atoms with E-state index in [-0.39, 0.29) is 29.3 Å². The standard InChI is InChI=1S/C39H41FN8O3S2/c1-39(2,25-52-3)34-21-36(48(45-34)29-9-6-7-26(19-29)23-46-15-17-51-18-16-46)42-38(50)41-22-27-8-4-5-10-33(27)53-30-12-14-35-43-44-37(47(35)24-30)31-20-28(40)11-13-32(31)49/h4-14,19-21,24,49H,15-18,22-23,25H2,1-3H3,(H2,41,42,50). The molecule has 4 heterocycles. The number of hydrogen-bond acceptors (Lipinski definition) is 9. The molecule has 7 rings (SSSR count). The number of benzene rings is 3. The van der Waals surface area contributed by atoms with Gasteiger partial charge in [-0.3, -0.25) is 14.6 Å². The number of rotatable bonds is 12. The Hall–Kier alpha value is -4.89. The van der Waals surface area contributed by atoms with Gasteiger partial charge >= 0.3 is 6.03 Å². The number of aromatic nitrogens is 5. The number of ether oxygens (including phenoxy) is 1. The molecule has 0 unspecified atom stereocenters. The Bertz CT molecular complexity index is 2230. The second-order valence-electron chi connectivity index (χ2n) is 13.5. The van der Waals surface area contributed by atoms with Gasteiger partial charge in [0.1, 0.15) is 17.4 Å². The summed E-state index contributed by atoms with van der Waals surface area (Å²) in [5, 5.41) is 29.9. The van der Waals surface area contributed by atoms with E-state index in [0.717, 1.165) is 65.3 Å². The SMILES string of the molecule is CSCC(C)(C)c1cc(NC(=O)NCc2ccccc2Sc2ccc3nnc(-c4cc(F)ccc4O)n3c2)n(-c2cccc(CN3CCOCC3)c2)n1. The zero-order valence-electron chi connectivity index (χ0n) is 29.8. The number of anilines is 1. The maximum atomic E-state index is 14.0. The van der Waals surface area contributed by atoms with Crippen LogP contribution in [0.2, 0.25) is 0 Å². The number of carbonyl (C=O) groups is 1. The molecule has 0 radical (unpaired) electrons. The number of thioether (sulfide) groups is 1. The van der Waals surface area contributed by atoms with E-state index in [1.807, 2.05) is 65.5 Å². The minimum absolute atomic E-state index is 0.0892. The second kappa shape index (κ2) is 16.0. The molecule has 53 heavy (non-hydrogen) atoms. The van der Waals surface area contributed by atoms with Crippen LogP contribution in [0.5, 0.6) is 5.75 Å². The van der Waals surface area contributed by atoms with E-state index in [1.54, 1.807) is 16.2 Å². The van der Waals surface area contributed by atoms with Gasteiger partial charge in [-0.15, -0.1) is 10.2 Å². The number of phenolic OH excluding ortho intramolecular Hbond substituents is 1. The summed E-state index contributed by atoms with van der Waals surface area (Å²) in [5.74, 6) is 1.21. The fourth-order valence-corrected chi connectivity index (χ4v) is 8.09. The molecule has 2 amide bonds. The number of pyridine rings is 1. The van der Waals surface area contributed by atoms with E-state index < -0.39 is 5.82 Å². The Labute approximate surface area is 316 Å². The lowest BCUT2D eigenvalue weighted by Gasteiger charge is -2.26. The van der Waals surface area contributed by atoms with E-state index in [4.69, 9.17) is 9.84 Å². The summed E-state index contributed by atoms with van der Waals surface area (Å²) in [7, 11) is 0. The lowest BCUT2D eigenvalue weighted by molar-refractivity contribution is 0.0342. The van der Waals surface area contributed by atoms with Gasteiger partial charge < -0.3 is 15.2 Å². The lowest BCUT2D eigenvalue weighted by atomic mass is 9.92. The molecule has 1 fully saturated rings. The molecule has 274 valence electrons. The van der Waals surface area contributed by atoms with Crippen molar-refractivity contribution in [3.63, 3.8) is 0 Å². The van der Waals surface area contributed by atoms with Crippen molar-refractivity contribution in [1.29, 1.82) is 0 Å². The van der Waals surface area contributed by atoms with Crippen LogP contribution >= 0.6 is 23.5 Å². The maximum absolute atomic E-state index is 14.0. The molecule has 14 heteroatoms. The summed E-state index contributed by atoms with van der Waals surface area (Å²) in [6.07, 6.45) is 3.93. The molecular formula is C39H41FN8O3S2. The Balaban J connectivity index is 1.08. The molecule has 0 bridgehead atoms. The van der Waals surface area contributed by atoms with E-state index in [9.17, 15) is 14.3 Å². The number of nitrogens with zero attached hydrogens (tertiary/aromatic N) is 6.